The number of nitrogens with one attached hydrogen (secondary N) is 2. The SMILES string of the molecule is CN=C(NCc1c(C)nn(C)c1C)N1CCC(NC(=O)OC(C)(C)C)C1. The van der Waals surface area contributed by atoms with Crippen molar-refractivity contribution < 1.29 is 9.53 Å². The minimum atomic E-state index is -0.487. The van der Waals surface area contributed by atoms with E-state index in [0.717, 1.165) is 30.3 Å². The molecule has 8 heteroatoms. The third-order valence-electron chi connectivity index (χ3n) is 4.50. The summed E-state index contributed by atoms with van der Waals surface area (Å²) in [7, 11) is 3.73. The number of nitrogens with zero attached hydrogens (tertiary/aromatic N) is 4. The van der Waals surface area contributed by atoms with E-state index in [1.807, 2.05) is 39.4 Å². The number of ether oxygens (including phenoxy) is 1. The van der Waals surface area contributed by atoms with Crippen molar-refractivity contribution in [1.82, 2.24) is 25.3 Å². The van der Waals surface area contributed by atoms with Gasteiger partial charge in [-0.15, -0.1) is 0 Å². The molecule has 2 rings (SSSR count). The van der Waals surface area contributed by atoms with Crippen LogP contribution in [0.1, 0.15) is 44.1 Å². The molecule has 146 valence electrons. The van der Waals surface area contributed by atoms with Gasteiger partial charge in [-0.3, -0.25) is 9.67 Å². The molecule has 26 heavy (non-hydrogen) atoms. The topological polar surface area (TPSA) is 83.8 Å². The highest BCUT2D eigenvalue weighted by Crippen LogP contribution is 2.14. The molecule has 2 heterocycles. The zero-order chi connectivity index (χ0) is 19.5. The van der Waals surface area contributed by atoms with Crippen LogP contribution in [0.4, 0.5) is 4.79 Å². The van der Waals surface area contributed by atoms with E-state index in [-0.39, 0.29) is 12.1 Å². The standard InChI is InChI=1S/C18H32N6O2/c1-12-15(13(2)23(7)22-12)10-20-16(19-6)24-9-8-14(11-24)21-17(25)26-18(3,4)5/h14H,8-11H2,1-7H3,(H,19,20)(H,21,25). The van der Waals surface area contributed by atoms with E-state index in [2.05, 4.69) is 32.5 Å². The zero-order valence-electron chi connectivity index (χ0n) is 17.0. The Hall–Kier alpha value is -2.25. The molecule has 1 aromatic heterocycles. The highest BCUT2D eigenvalue weighted by molar-refractivity contribution is 5.80. The molecule has 2 N–H and O–H groups in total. The molecule has 0 spiro atoms. The van der Waals surface area contributed by atoms with E-state index in [1.165, 1.54) is 5.56 Å². The average molecular weight is 364 g/mol. The second kappa shape index (κ2) is 7.97. The monoisotopic (exact) mass is 364 g/mol. The van der Waals surface area contributed by atoms with Crippen molar-refractivity contribution in [2.75, 3.05) is 20.1 Å². The Bertz CT molecular complexity index is 674. The zero-order valence-corrected chi connectivity index (χ0v) is 17.0. The molecular formula is C18H32N6O2. The van der Waals surface area contributed by atoms with Gasteiger partial charge >= 0.3 is 6.09 Å². The van der Waals surface area contributed by atoms with Gasteiger partial charge in [-0.05, 0) is 41.0 Å². The molecule has 1 saturated heterocycles. The second-order valence-corrected chi connectivity index (χ2v) is 7.75. The number of rotatable bonds is 3. The predicted octanol–water partition coefficient (Wildman–Crippen LogP) is 1.71. The van der Waals surface area contributed by atoms with Crippen molar-refractivity contribution in [2.45, 2.75) is 59.2 Å². The van der Waals surface area contributed by atoms with Gasteiger partial charge in [0.25, 0.3) is 0 Å². The first-order chi connectivity index (χ1) is 12.1. The second-order valence-electron chi connectivity index (χ2n) is 7.75. The first-order valence-corrected chi connectivity index (χ1v) is 9.05. The molecule has 1 aliphatic heterocycles. The number of guanidine groups is 1. The molecule has 0 bridgehead atoms. The third kappa shape index (κ3) is 5.12. The predicted molar refractivity (Wildman–Crippen MR) is 102 cm³/mol. The number of carbonyl (C=O) groups is 1. The van der Waals surface area contributed by atoms with Gasteiger partial charge in [-0.2, -0.15) is 5.10 Å². The number of hydrogen-bond acceptors (Lipinski definition) is 4. The van der Waals surface area contributed by atoms with Crippen LogP contribution >= 0.6 is 0 Å². The van der Waals surface area contributed by atoms with E-state index < -0.39 is 5.60 Å². The van der Waals surface area contributed by atoms with Gasteiger partial charge in [0.15, 0.2) is 5.96 Å². The minimum Gasteiger partial charge on any atom is -0.444 e. The number of amides is 1. The van der Waals surface area contributed by atoms with Gasteiger partial charge in [0, 0.05) is 45.0 Å². The Kier molecular flexibility index (Phi) is 6.15. The smallest absolute Gasteiger partial charge is 0.407 e. The fourth-order valence-electron chi connectivity index (χ4n) is 3.12. The van der Waals surface area contributed by atoms with Crippen molar-refractivity contribution in [3.05, 3.63) is 17.0 Å². The number of alkyl carbamates (subject to hydrolysis) is 1. The first kappa shape index (κ1) is 20.1. The van der Waals surface area contributed by atoms with Crippen LogP contribution in [0.2, 0.25) is 0 Å². The lowest BCUT2D eigenvalue weighted by Gasteiger charge is -2.23. The number of aliphatic imine (C=N–C) groups is 1. The lowest BCUT2D eigenvalue weighted by Crippen LogP contribution is -2.44. The van der Waals surface area contributed by atoms with Gasteiger partial charge < -0.3 is 20.3 Å². The van der Waals surface area contributed by atoms with Crippen LogP contribution in [0.3, 0.4) is 0 Å². The summed E-state index contributed by atoms with van der Waals surface area (Å²) in [6.45, 7) is 11.9. The van der Waals surface area contributed by atoms with Gasteiger partial charge in [0.05, 0.1) is 11.7 Å². The van der Waals surface area contributed by atoms with E-state index in [1.54, 1.807) is 7.05 Å². The molecule has 1 aromatic rings. The Morgan fingerprint density at radius 1 is 1.38 bits per heavy atom. The van der Waals surface area contributed by atoms with E-state index in [9.17, 15) is 4.79 Å². The minimum absolute atomic E-state index is 0.0604. The normalized spacial score (nSPS) is 18.2. The summed E-state index contributed by atoms with van der Waals surface area (Å²) in [5.74, 6) is 0.834. The summed E-state index contributed by atoms with van der Waals surface area (Å²) >= 11 is 0. The molecule has 1 aliphatic rings. The first-order valence-electron chi connectivity index (χ1n) is 9.05. The van der Waals surface area contributed by atoms with Crippen LogP contribution in [0, 0.1) is 13.8 Å². The molecule has 1 unspecified atom stereocenters. The van der Waals surface area contributed by atoms with Crippen molar-refractivity contribution in [1.29, 1.82) is 0 Å². The molecule has 1 fully saturated rings. The molecule has 1 atom stereocenters. The Balaban J connectivity index is 1.88. The lowest BCUT2D eigenvalue weighted by molar-refractivity contribution is 0.0507. The summed E-state index contributed by atoms with van der Waals surface area (Å²) in [4.78, 5) is 18.5. The van der Waals surface area contributed by atoms with Crippen LogP contribution in [0.5, 0.6) is 0 Å². The number of hydrogen-bond donors (Lipinski definition) is 2. The quantitative estimate of drug-likeness (QED) is 0.630. The number of aryl methyl sites for hydroxylation is 2. The Morgan fingerprint density at radius 2 is 2.08 bits per heavy atom. The van der Waals surface area contributed by atoms with E-state index in [4.69, 9.17) is 4.74 Å². The van der Waals surface area contributed by atoms with E-state index >= 15 is 0 Å². The van der Waals surface area contributed by atoms with Gasteiger partial charge in [-0.25, -0.2) is 4.79 Å². The maximum absolute atomic E-state index is 11.9. The van der Waals surface area contributed by atoms with Crippen LogP contribution in [0.15, 0.2) is 4.99 Å². The fourth-order valence-corrected chi connectivity index (χ4v) is 3.12. The molecule has 0 radical (unpaired) electrons. The summed E-state index contributed by atoms with van der Waals surface area (Å²) in [5.41, 5.74) is 2.88. The molecular weight excluding hydrogens is 332 g/mol. The highest BCUT2D eigenvalue weighted by atomic mass is 16.6. The summed E-state index contributed by atoms with van der Waals surface area (Å²) < 4.78 is 7.23. The number of carbonyl (C=O) groups excluding carboxylic acids is 1. The number of likely N-dealkylation sites (tertiary alicyclic amines) is 1. The summed E-state index contributed by atoms with van der Waals surface area (Å²) in [6, 6.07) is 0.0604. The fraction of sp³-hybridized carbons (Fsp3) is 0.722. The Morgan fingerprint density at radius 3 is 2.62 bits per heavy atom. The van der Waals surface area contributed by atoms with E-state index in [0.29, 0.717) is 13.1 Å². The van der Waals surface area contributed by atoms with Crippen molar-refractivity contribution in [3.8, 4) is 0 Å². The molecule has 0 saturated carbocycles. The third-order valence-corrected chi connectivity index (χ3v) is 4.50. The molecule has 1 amide bonds. The molecule has 0 aliphatic carbocycles. The van der Waals surface area contributed by atoms with Gasteiger partial charge in [0.1, 0.15) is 5.60 Å². The maximum atomic E-state index is 11.9. The van der Waals surface area contributed by atoms with Gasteiger partial charge in [0.2, 0.25) is 0 Å². The van der Waals surface area contributed by atoms with Crippen LogP contribution in [-0.2, 0) is 18.3 Å². The Labute approximate surface area is 156 Å². The molecule has 0 aromatic carbocycles. The van der Waals surface area contributed by atoms with Gasteiger partial charge in [-0.1, -0.05) is 0 Å². The summed E-state index contributed by atoms with van der Waals surface area (Å²) in [6.07, 6.45) is 0.499. The maximum Gasteiger partial charge on any atom is 0.407 e. The largest absolute Gasteiger partial charge is 0.444 e. The van der Waals surface area contributed by atoms with Crippen LogP contribution < -0.4 is 10.6 Å². The average Bonchev–Trinajstić information content (AvgIpc) is 3.05. The lowest BCUT2D eigenvalue weighted by atomic mass is 10.2. The van der Waals surface area contributed by atoms with Crippen LogP contribution in [-0.4, -0.2) is 58.5 Å². The van der Waals surface area contributed by atoms with Crippen molar-refractivity contribution in [3.63, 3.8) is 0 Å². The molecule has 8 nitrogen and oxygen atoms in total. The van der Waals surface area contributed by atoms with Crippen molar-refractivity contribution in [2.24, 2.45) is 12.0 Å². The summed E-state index contributed by atoms with van der Waals surface area (Å²) in [5, 5.41) is 10.8. The number of aromatic nitrogens is 2. The van der Waals surface area contributed by atoms with Crippen molar-refractivity contribution >= 4 is 12.1 Å². The highest BCUT2D eigenvalue weighted by Gasteiger charge is 2.28. The van der Waals surface area contributed by atoms with Crippen LogP contribution in [0.25, 0.3) is 0 Å².